The Labute approximate surface area is 207 Å². The lowest BCUT2D eigenvalue weighted by atomic mass is 10.0. The molecule has 0 radical (unpaired) electrons. The molecule has 1 N–H and O–H groups in total. The highest BCUT2D eigenvalue weighted by molar-refractivity contribution is 5.88. The van der Waals surface area contributed by atoms with Gasteiger partial charge in [0.2, 0.25) is 5.91 Å². The van der Waals surface area contributed by atoms with E-state index >= 15 is 0 Å². The minimum Gasteiger partial charge on any atom is -0.497 e. The second-order valence-electron chi connectivity index (χ2n) is 8.41. The molecule has 0 heterocycles. The zero-order valence-electron chi connectivity index (χ0n) is 20.7. The number of benzene rings is 3. The summed E-state index contributed by atoms with van der Waals surface area (Å²) >= 11 is 0. The molecule has 0 aliphatic heterocycles. The Bertz CT molecular complexity index is 1080. The molecule has 0 bridgehead atoms. The van der Waals surface area contributed by atoms with E-state index in [1.165, 1.54) is 0 Å². The molecule has 1 atom stereocenters. The molecular weight excluding hydrogens is 440 g/mol. The second kappa shape index (κ2) is 13.2. The minimum atomic E-state index is -0.671. The molecule has 35 heavy (non-hydrogen) atoms. The largest absolute Gasteiger partial charge is 0.497 e. The molecule has 0 saturated carbocycles. The van der Waals surface area contributed by atoms with E-state index in [-0.39, 0.29) is 18.4 Å². The summed E-state index contributed by atoms with van der Waals surface area (Å²) in [5.74, 6) is 0.851. The summed E-state index contributed by atoms with van der Waals surface area (Å²) in [6, 6.07) is 24.1. The quantitative estimate of drug-likeness (QED) is 0.418. The number of nitrogens with zero attached hydrogens (tertiary/aromatic N) is 1. The summed E-state index contributed by atoms with van der Waals surface area (Å²) in [4.78, 5) is 28.5. The molecule has 0 saturated heterocycles. The first-order chi connectivity index (χ1) is 17.0. The Morgan fingerprint density at radius 1 is 0.914 bits per heavy atom. The summed E-state index contributed by atoms with van der Waals surface area (Å²) in [5.41, 5.74) is 3.04. The van der Waals surface area contributed by atoms with E-state index in [1.54, 1.807) is 36.3 Å². The molecule has 6 nitrogen and oxygen atoms in total. The summed E-state index contributed by atoms with van der Waals surface area (Å²) in [6.45, 7) is 4.71. The zero-order valence-corrected chi connectivity index (χ0v) is 20.7. The van der Waals surface area contributed by atoms with E-state index in [9.17, 15) is 9.59 Å². The molecule has 6 heteroatoms. The van der Waals surface area contributed by atoms with Gasteiger partial charge in [-0.2, -0.15) is 0 Å². The van der Waals surface area contributed by atoms with Gasteiger partial charge in [0.25, 0.3) is 5.91 Å². The van der Waals surface area contributed by atoms with Crippen molar-refractivity contribution in [3.05, 3.63) is 95.6 Å². The predicted octanol–water partition coefficient (Wildman–Crippen LogP) is 4.55. The van der Waals surface area contributed by atoms with Crippen molar-refractivity contribution in [1.29, 1.82) is 0 Å². The first-order valence-electron chi connectivity index (χ1n) is 11.9. The van der Waals surface area contributed by atoms with Crippen LogP contribution >= 0.6 is 0 Å². The number of rotatable bonds is 12. The monoisotopic (exact) mass is 474 g/mol. The number of aryl methyl sites for hydroxylation is 1. The maximum atomic E-state index is 13.6. The van der Waals surface area contributed by atoms with Crippen LogP contribution in [0.25, 0.3) is 0 Å². The van der Waals surface area contributed by atoms with Gasteiger partial charge in [-0.25, -0.2) is 0 Å². The van der Waals surface area contributed by atoms with Crippen LogP contribution in [0.4, 0.5) is 0 Å². The van der Waals surface area contributed by atoms with Crippen molar-refractivity contribution < 1.29 is 19.1 Å². The number of carbonyl (C=O) groups is 2. The van der Waals surface area contributed by atoms with Crippen molar-refractivity contribution in [3.8, 4) is 11.5 Å². The number of hydrogen-bond donors (Lipinski definition) is 1. The Balaban J connectivity index is 1.88. The van der Waals surface area contributed by atoms with Gasteiger partial charge in [-0.15, -0.1) is 0 Å². The van der Waals surface area contributed by atoms with Crippen molar-refractivity contribution >= 4 is 11.8 Å². The Hall–Kier alpha value is -3.80. The average Bonchev–Trinajstić information content (AvgIpc) is 2.89. The van der Waals surface area contributed by atoms with Crippen LogP contribution < -0.4 is 14.8 Å². The minimum absolute atomic E-state index is 0.165. The summed E-state index contributed by atoms with van der Waals surface area (Å²) in [6.07, 6.45) is 1.23. The maximum Gasteiger partial charge on any atom is 0.261 e. The van der Waals surface area contributed by atoms with Gasteiger partial charge in [-0.1, -0.05) is 61.5 Å². The van der Waals surface area contributed by atoms with Gasteiger partial charge < -0.3 is 19.7 Å². The molecule has 184 valence electrons. The molecular formula is C29H34N2O4. The number of carbonyl (C=O) groups excluding carboxylic acids is 2. The highest BCUT2D eigenvalue weighted by Gasteiger charge is 2.30. The lowest BCUT2D eigenvalue weighted by molar-refractivity contribution is -0.142. The third-order valence-electron chi connectivity index (χ3n) is 5.84. The van der Waals surface area contributed by atoms with Gasteiger partial charge in [0.15, 0.2) is 6.61 Å². The van der Waals surface area contributed by atoms with E-state index in [0.717, 1.165) is 23.1 Å². The van der Waals surface area contributed by atoms with Crippen molar-refractivity contribution in [2.24, 2.45) is 0 Å². The standard InChI is InChI=1S/C29H34N2O4/c1-4-18-30-29(33)27(19-23-11-6-5-7-12-23)31(20-24-13-9-8-10-22(24)2)28(32)21-35-26-16-14-25(34-3)15-17-26/h5-17,27H,4,18-21H2,1-3H3,(H,30,33). The fourth-order valence-corrected chi connectivity index (χ4v) is 3.79. The van der Waals surface area contributed by atoms with E-state index in [0.29, 0.717) is 31.0 Å². The Morgan fingerprint density at radius 3 is 2.23 bits per heavy atom. The van der Waals surface area contributed by atoms with Crippen LogP contribution in [0.15, 0.2) is 78.9 Å². The van der Waals surface area contributed by atoms with Crippen molar-refractivity contribution in [3.63, 3.8) is 0 Å². The Morgan fingerprint density at radius 2 is 1.57 bits per heavy atom. The topological polar surface area (TPSA) is 67.9 Å². The third kappa shape index (κ3) is 7.60. The third-order valence-corrected chi connectivity index (χ3v) is 5.84. The van der Waals surface area contributed by atoms with Crippen LogP contribution in [0.3, 0.4) is 0 Å². The molecule has 1 unspecified atom stereocenters. The molecule has 0 aliphatic rings. The smallest absolute Gasteiger partial charge is 0.261 e. The van der Waals surface area contributed by atoms with Crippen molar-refractivity contribution in [2.45, 2.75) is 39.3 Å². The summed E-state index contributed by atoms with van der Waals surface area (Å²) < 4.78 is 11.0. The number of hydrogen-bond acceptors (Lipinski definition) is 4. The van der Waals surface area contributed by atoms with E-state index < -0.39 is 6.04 Å². The fourth-order valence-electron chi connectivity index (χ4n) is 3.79. The van der Waals surface area contributed by atoms with Crippen LogP contribution in [0.2, 0.25) is 0 Å². The number of ether oxygens (including phenoxy) is 2. The molecule has 3 aromatic carbocycles. The van der Waals surface area contributed by atoms with Crippen LogP contribution in [-0.2, 0) is 22.6 Å². The molecule has 3 rings (SSSR count). The van der Waals surface area contributed by atoms with Gasteiger partial charge in [-0.05, 0) is 54.3 Å². The van der Waals surface area contributed by atoms with Gasteiger partial charge in [0.05, 0.1) is 7.11 Å². The van der Waals surface area contributed by atoms with Gasteiger partial charge in [-0.3, -0.25) is 9.59 Å². The first kappa shape index (κ1) is 25.8. The molecule has 0 fully saturated rings. The number of amides is 2. The highest BCUT2D eigenvalue weighted by atomic mass is 16.5. The van der Waals surface area contributed by atoms with Crippen molar-refractivity contribution in [1.82, 2.24) is 10.2 Å². The summed E-state index contributed by atoms with van der Waals surface area (Å²) in [5, 5.41) is 2.99. The number of methoxy groups -OCH3 is 1. The first-order valence-corrected chi connectivity index (χ1v) is 11.9. The van der Waals surface area contributed by atoms with E-state index in [4.69, 9.17) is 9.47 Å². The molecule has 0 spiro atoms. The lowest BCUT2D eigenvalue weighted by Gasteiger charge is -2.32. The number of nitrogens with one attached hydrogen (secondary N) is 1. The van der Waals surface area contributed by atoms with Crippen molar-refractivity contribution in [2.75, 3.05) is 20.3 Å². The molecule has 3 aromatic rings. The van der Waals surface area contributed by atoms with E-state index in [1.807, 2.05) is 68.4 Å². The fraction of sp³-hybridized carbons (Fsp3) is 0.310. The normalized spacial score (nSPS) is 11.4. The van der Waals surface area contributed by atoms with Gasteiger partial charge >= 0.3 is 0 Å². The van der Waals surface area contributed by atoms with Gasteiger partial charge in [0.1, 0.15) is 17.5 Å². The Kier molecular flexibility index (Phi) is 9.72. The molecule has 0 aromatic heterocycles. The van der Waals surface area contributed by atoms with Gasteiger partial charge in [0, 0.05) is 19.5 Å². The van der Waals surface area contributed by atoms with E-state index in [2.05, 4.69) is 5.32 Å². The van der Waals surface area contributed by atoms with Crippen LogP contribution in [0.5, 0.6) is 11.5 Å². The molecule has 0 aliphatic carbocycles. The predicted molar refractivity (Wildman–Crippen MR) is 137 cm³/mol. The molecule has 2 amide bonds. The SMILES string of the molecule is CCCNC(=O)C(Cc1ccccc1)N(Cc1ccccc1C)C(=O)COc1ccc(OC)cc1. The average molecular weight is 475 g/mol. The lowest BCUT2D eigenvalue weighted by Crippen LogP contribution is -2.51. The van der Waals surface area contributed by atoms with Crippen LogP contribution in [0, 0.1) is 6.92 Å². The second-order valence-corrected chi connectivity index (χ2v) is 8.41. The maximum absolute atomic E-state index is 13.6. The summed E-state index contributed by atoms with van der Waals surface area (Å²) in [7, 11) is 1.60. The van der Waals surface area contributed by atoms with Crippen LogP contribution in [-0.4, -0.2) is 43.0 Å². The highest BCUT2D eigenvalue weighted by Crippen LogP contribution is 2.19. The zero-order chi connectivity index (χ0) is 25.0. The van der Waals surface area contributed by atoms with Crippen LogP contribution in [0.1, 0.15) is 30.0 Å².